The maximum absolute atomic E-state index is 11.1. The highest BCUT2D eigenvalue weighted by Gasteiger charge is 2.12. The summed E-state index contributed by atoms with van der Waals surface area (Å²) in [5.74, 6) is -0.0586. The number of morpholine rings is 1. The Morgan fingerprint density at radius 3 is 2.72 bits per heavy atom. The van der Waals surface area contributed by atoms with E-state index in [-0.39, 0.29) is 6.42 Å². The second-order valence-electron chi connectivity index (χ2n) is 7.91. The third kappa shape index (κ3) is 6.11. The van der Waals surface area contributed by atoms with Crippen LogP contribution in [0.4, 0.5) is 5.69 Å². The van der Waals surface area contributed by atoms with Gasteiger partial charge in [0.25, 0.3) is 0 Å². The highest BCUT2D eigenvalue weighted by Crippen LogP contribution is 2.24. The van der Waals surface area contributed by atoms with Crippen LogP contribution in [0.1, 0.15) is 23.1 Å². The summed E-state index contributed by atoms with van der Waals surface area (Å²) < 4.78 is 13.5. The Bertz CT molecular complexity index is 1010. The lowest BCUT2D eigenvalue weighted by Gasteiger charge is -2.29. The van der Waals surface area contributed by atoms with Crippen molar-refractivity contribution in [1.29, 1.82) is 0 Å². The van der Waals surface area contributed by atoms with E-state index in [9.17, 15) is 4.79 Å². The molecular formula is C25H29N3O4. The van der Waals surface area contributed by atoms with Crippen molar-refractivity contribution in [1.82, 2.24) is 9.78 Å². The van der Waals surface area contributed by atoms with Crippen LogP contribution in [-0.2, 0) is 28.9 Å². The number of benzene rings is 2. The monoisotopic (exact) mass is 435 g/mol. The summed E-state index contributed by atoms with van der Waals surface area (Å²) in [6.07, 6.45) is 4.97. The number of hydrogen-bond acceptors (Lipinski definition) is 5. The van der Waals surface area contributed by atoms with Crippen LogP contribution >= 0.6 is 0 Å². The molecule has 4 rings (SSSR count). The predicted molar refractivity (Wildman–Crippen MR) is 122 cm³/mol. The zero-order valence-corrected chi connectivity index (χ0v) is 18.2. The van der Waals surface area contributed by atoms with E-state index in [1.54, 1.807) is 6.20 Å². The molecule has 3 aromatic rings. The molecular weight excluding hydrogens is 406 g/mol. The van der Waals surface area contributed by atoms with E-state index in [0.717, 1.165) is 49.6 Å². The first kappa shape index (κ1) is 21.9. The summed E-state index contributed by atoms with van der Waals surface area (Å²) in [6.45, 7) is 4.52. The molecule has 1 saturated heterocycles. The topological polar surface area (TPSA) is 76.8 Å². The Morgan fingerprint density at radius 2 is 1.94 bits per heavy atom. The first-order valence-corrected chi connectivity index (χ1v) is 11.0. The number of carboxylic acid groups (broad SMARTS) is 1. The quantitative estimate of drug-likeness (QED) is 0.526. The molecule has 7 heteroatoms. The van der Waals surface area contributed by atoms with Crippen molar-refractivity contribution in [2.45, 2.75) is 25.8 Å². The van der Waals surface area contributed by atoms with Crippen LogP contribution in [0.15, 0.2) is 60.9 Å². The molecule has 2 aromatic carbocycles. The van der Waals surface area contributed by atoms with Crippen LogP contribution in [0.2, 0.25) is 0 Å². The highest BCUT2D eigenvalue weighted by molar-refractivity contribution is 5.67. The van der Waals surface area contributed by atoms with Gasteiger partial charge in [0.15, 0.2) is 0 Å². The lowest BCUT2D eigenvalue weighted by atomic mass is 10.1. The minimum atomic E-state index is -0.809. The molecule has 0 unspecified atom stereocenters. The van der Waals surface area contributed by atoms with Gasteiger partial charge in [0, 0.05) is 44.0 Å². The van der Waals surface area contributed by atoms with E-state index in [1.165, 1.54) is 11.3 Å². The molecule has 1 aromatic heterocycles. The van der Waals surface area contributed by atoms with Gasteiger partial charge in [-0.15, -0.1) is 0 Å². The molecule has 1 aliphatic heterocycles. The van der Waals surface area contributed by atoms with Crippen molar-refractivity contribution in [3.8, 4) is 5.75 Å². The molecule has 0 radical (unpaired) electrons. The Hall–Kier alpha value is -3.32. The molecule has 7 nitrogen and oxygen atoms in total. The fourth-order valence-electron chi connectivity index (χ4n) is 3.87. The molecule has 1 aliphatic rings. The van der Waals surface area contributed by atoms with Crippen LogP contribution in [0.25, 0.3) is 0 Å². The van der Waals surface area contributed by atoms with Crippen LogP contribution in [0, 0.1) is 0 Å². The van der Waals surface area contributed by atoms with Crippen molar-refractivity contribution in [2.24, 2.45) is 0 Å². The number of hydrogen-bond donors (Lipinski definition) is 1. The van der Waals surface area contributed by atoms with Gasteiger partial charge < -0.3 is 19.5 Å². The molecule has 0 aliphatic carbocycles. The molecule has 0 bridgehead atoms. The van der Waals surface area contributed by atoms with E-state index in [1.807, 2.05) is 35.1 Å². The SMILES string of the molecule is O=C(O)CCc1ccc(Cn2cccn2)cc1OCCc1cccc(N2CCOCC2)c1. The number of anilines is 1. The second kappa shape index (κ2) is 10.8. The Balaban J connectivity index is 1.41. The van der Waals surface area contributed by atoms with E-state index in [0.29, 0.717) is 19.6 Å². The van der Waals surface area contributed by atoms with Gasteiger partial charge >= 0.3 is 5.97 Å². The standard InChI is InChI=1S/C25H29N3O4/c29-25(30)8-7-22-6-5-21(19-28-11-2-10-26-28)18-24(22)32-14-9-20-3-1-4-23(17-20)27-12-15-31-16-13-27/h1-6,10-11,17-18H,7-9,12-16,19H2,(H,29,30). The third-order valence-corrected chi connectivity index (χ3v) is 5.58. The van der Waals surface area contributed by atoms with Gasteiger partial charge in [0.2, 0.25) is 0 Å². The van der Waals surface area contributed by atoms with Gasteiger partial charge in [-0.2, -0.15) is 5.10 Å². The lowest BCUT2D eigenvalue weighted by Crippen LogP contribution is -2.36. The fourth-order valence-corrected chi connectivity index (χ4v) is 3.87. The van der Waals surface area contributed by atoms with Crippen molar-refractivity contribution in [2.75, 3.05) is 37.8 Å². The smallest absolute Gasteiger partial charge is 0.303 e. The number of aryl methyl sites for hydroxylation is 1. The molecule has 168 valence electrons. The zero-order valence-electron chi connectivity index (χ0n) is 18.2. The van der Waals surface area contributed by atoms with Crippen LogP contribution in [0.5, 0.6) is 5.75 Å². The van der Waals surface area contributed by atoms with Gasteiger partial charge in [-0.1, -0.05) is 24.3 Å². The fraction of sp³-hybridized carbons (Fsp3) is 0.360. The number of carboxylic acids is 1. The minimum Gasteiger partial charge on any atom is -0.493 e. The summed E-state index contributed by atoms with van der Waals surface area (Å²) in [4.78, 5) is 13.4. The molecule has 1 N–H and O–H groups in total. The number of aliphatic carboxylic acids is 1. The first-order chi connectivity index (χ1) is 15.7. The Morgan fingerprint density at radius 1 is 1.06 bits per heavy atom. The maximum atomic E-state index is 11.1. The predicted octanol–water partition coefficient (Wildman–Crippen LogP) is 3.41. The molecule has 0 saturated carbocycles. The number of nitrogens with zero attached hydrogens (tertiary/aromatic N) is 3. The average molecular weight is 436 g/mol. The number of aromatic nitrogens is 2. The maximum Gasteiger partial charge on any atom is 0.303 e. The summed E-state index contributed by atoms with van der Waals surface area (Å²) >= 11 is 0. The minimum absolute atomic E-state index is 0.0798. The van der Waals surface area contributed by atoms with Gasteiger partial charge in [-0.3, -0.25) is 9.48 Å². The highest BCUT2D eigenvalue weighted by atomic mass is 16.5. The molecule has 32 heavy (non-hydrogen) atoms. The van der Waals surface area contributed by atoms with E-state index >= 15 is 0 Å². The van der Waals surface area contributed by atoms with E-state index in [4.69, 9.17) is 14.6 Å². The summed E-state index contributed by atoms with van der Waals surface area (Å²) in [5, 5.41) is 13.3. The average Bonchev–Trinajstić information content (AvgIpc) is 3.32. The lowest BCUT2D eigenvalue weighted by molar-refractivity contribution is -0.136. The van der Waals surface area contributed by atoms with Gasteiger partial charge in [-0.25, -0.2) is 0 Å². The van der Waals surface area contributed by atoms with Crippen molar-refractivity contribution < 1.29 is 19.4 Å². The largest absolute Gasteiger partial charge is 0.493 e. The van der Waals surface area contributed by atoms with Crippen molar-refractivity contribution in [3.63, 3.8) is 0 Å². The zero-order chi connectivity index (χ0) is 22.2. The van der Waals surface area contributed by atoms with Crippen molar-refractivity contribution in [3.05, 3.63) is 77.6 Å². The molecule has 0 amide bonds. The van der Waals surface area contributed by atoms with Crippen molar-refractivity contribution >= 4 is 11.7 Å². The Labute approximate surface area is 188 Å². The third-order valence-electron chi connectivity index (χ3n) is 5.58. The number of carbonyl (C=O) groups is 1. The molecule has 0 spiro atoms. The first-order valence-electron chi connectivity index (χ1n) is 11.0. The summed E-state index contributed by atoms with van der Waals surface area (Å²) in [6, 6.07) is 16.4. The summed E-state index contributed by atoms with van der Waals surface area (Å²) in [7, 11) is 0. The van der Waals surface area contributed by atoms with E-state index in [2.05, 4.69) is 34.3 Å². The molecule has 2 heterocycles. The van der Waals surface area contributed by atoms with Crippen LogP contribution in [0.3, 0.4) is 0 Å². The van der Waals surface area contributed by atoms with Crippen LogP contribution in [-0.4, -0.2) is 53.8 Å². The van der Waals surface area contributed by atoms with E-state index < -0.39 is 5.97 Å². The summed E-state index contributed by atoms with van der Waals surface area (Å²) in [5.41, 5.74) is 4.42. The second-order valence-corrected chi connectivity index (χ2v) is 7.91. The number of ether oxygens (including phenoxy) is 2. The molecule has 0 atom stereocenters. The number of rotatable bonds is 10. The normalized spacial score (nSPS) is 13.8. The Kier molecular flexibility index (Phi) is 7.40. The van der Waals surface area contributed by atoms with Gasteiger partial charge in [-0.05, 0) is 47.4 Å². The van der Waals surface area contributed by atoms with Gasteiger partial charge in [0.05, 0.1) is 26.4 Å². The van der Waals surface area contributed by atoms with Crippen LogP contribution < -0.4 is 9.64 Å². The molecule has 1 fully saturated rings. The van der Waals surface area contributed by atoms with Gasteiger partial charge in [0.1, 0.15) is 5.75 Å².